The predicted octanol–water partition coefficient (Wildman–Crippen LogP) is 4.64. The molecule has 1 aliphatic carbocycles. The summed E-state index contributed by atoms with van der Waals surface area (Å²) in [5, 5.41) is 3.26. The average Bonchev–Trinajstić information content (AvgIpc) is 2.78. The fourth-order valence-electron chi connectivity index (χ4n) is 5.10. The highest BCUT2D eigenvalue weighted by atomic mass is 16.2. The molecule has 0 bridgehead atoms. The van der Waals surface area contributed by atoms with Gasteiger partial charge < -0.3 is 15.1 Å². The maximum absolute atomic E-state index is 12.8. The topological polar surface area (TPSA) is 52.7 Å². The van der Waals surface area contributed by atoms with Crippen molar-refractivity contribution in [2.24, 2.45) is 11.8 Å². The van der Waals surface area contributed by atoms with E-state index < -0.39 is 0 Å². The van der Waals surface area contributed by atoms with Crippen LogP contribution in [0.25, 0.3) is 0 Å². The van der Waals surface area contributed by atoms with Gasteiger partial charge in [-0.2, -0.15) is 0 Å². The van der Waals surface area contributed by atoms with Crippen LogP contribution in [0.5, 0.6) is 0 Å². The molecule has 2 aliphatic rings. The van der Waals surface area contributed by atoms with Crippen LogP contribution in [0.3, 0.4) is 0 Å². The van der Waals surface area contributed by atoms with Crippen molar-refractivity contribution in [1.82, 2.24) is 15.1 Å². The molecule has 1 aromatic carbocycles. The lowest BCUT2D eigenvalue weighted by molar-refractivity contribution is -0.135. The van der Waals surface area contributed by atoms with E-state index in [1.807, 2.05) is 30.7 Å². The van der Waals surface area contributed by atoms with Crippen molar-refractivity contribution in [3.8, 4) is 0 Å². The Kier molecular flexibility index (Phi) is 7.79. The lowest BCUT2D eigenvalue weighted by atomic mass is 9.76. The van der Waals surface area contributed by atoms with Gasteiger partial charge in [0, 0.05) is 38.1 Å². The van der Waals surface area contributed by atoms with Gasteiger partial charge >= 0.3 is 6.03 Å². The fraction of sp³-hybridized carbons (Fsp3) is 0.680. The first-order chi connectivity index (χ1) is 14.4. The van der Waals surface area contributed by atoms with Crippen molar-refractivity contribution in [3.05, 3.63) is 35.9 Å². The summed E-state index contributed by atoms with van der Waals surface area (Å²) in [5.41, 5.74) is 1.45. The number of likely N-dealkylation sites (tertiary alicyclic amines) is 1. The molecule has 5 heteroatoms. The minimum absolute atomic E-state index is 0.0290. The molecule has 0 aromatic heterocycles. The van der Waals surface area contributed by atoms with Crippen LogP contribution in [-0.2, 0) is 4.79 Å². The molecule has 1 heterocycles. The molecular formula is C25H39N3O2. The molecule has 5 nitrogen and oxygen atoms in total. The van der Waals surface area contributed by atoms with E-state index in [1.165, 1.54) is 31.2 Å². The Balaban J connectivity index is 1.43. The summed E-state index contributed by atoms with van der Waals surface area (Å²) >= 11 is 0. The number of carbonyl (C=O) groups is 2. The highest BCUT2D eigenvalue weighted by molar-refractivity contribution is 5.78. The third-order valence-electron chi connectivity index (χ3n) is 7.24. The van der Waals surface area contributed by atoms with Gasteiger partial charge in [0.05, 0.1) is 0 Å². The molecule has 1 saturated carbocycles. The van der Waals surface area contributed by atoms with Gasteiger partial charge in [-0.3, -0.25) is 4.79 Å². The van der Waals surface area contributed by atoms with Crippen LogP contribution in [0, 0.1) is 11.8 Å². The van der Waals surface area contributed by atoms with Crippen LogP contribution in [0.2, 0.25) is 0 Å². The average molecular weight is 414 g/mol. The first-order valence-corrected chi connectivity index (χ1v) is 11.7. The summed E-state index contributed by atoms with van der Waals surface area (Å²) in [4.78, 5) is 28.8. The number of rotatable bonds is 5. The monoisotopic (exact) mass is 413 g/mol. The van der Waals surface area contributed by atoms with Gasteiger partial charge in [-0.25, -0.2) is 4.79 Å². The SMILES string of the molecule is CC(C)C(=O)N1CCC(N(C)C(=O)NC(C)C2CCC(c3ccccc3)CC2)CC1. The van der Waals surface area contributed by atoms with Crippen LogP contribution in [0.15, 0.2) is 30.3 Å². The summed E-state index contributed by atoms with van der Waals surface area (Å²) in [7, 11) is 1.90. The Bertz CT molecular complexity index is 690. The molecule has 1 N–H and O–H groups in total. The second-order valence-corrected chi connectivity index (χ2v) is 9.58. The van der Waals surface area contributed by atoms with Crippen molar-refractivity contribution < 1.29 is 9.59 Å². The van der Waals surface area contributed by atoms with Crippen LogP contribution in [0.4, 0.5) is 4.79 Å². The predicted molar refractivity (Wildman–Crippen MR) is 121 cm³/mol. The van der Waals surface area contributed by atoms with E-state index in [0.717, 1.165) is 25.9 Å². The van der Waals surface area contributed by atoms with Gasteiger partial charge in [-0.15, -0.1) is 0 Å². The van der Waals surface area contributed by atoms with Gasteiger partial charge in [0.25, 0.3) is 0 Å². The molecule has 0 radical (unpaired) electrons. The van der Waals surface area contributed by atoms with E-state index in [2.05, 4.69) is 42.6 Å². The maximum atomic E-state index is 12.8. The highest BCUT2D eigenvalue weighted by Gasteiger charge is 2.31. The van der Waals surface area contributed by atoms with Gasteiger partial charge in [0.2, 0.25) is 5.91 Å². The number of nitrogens with zero attached hydrogens (tertiary/aromatic N) is 2. The number of piperidine rings is 1. The van der Waals surface area contributed by atoms with Crippen LogP contribution in [0.1, 0.15) is 70.8 Å². The standard InChI is InChI=1S/C25H39N3O2/c1-18(2)24(29)28-16-14-23(15-17-28)27(4)25(30)26-19(3)20-10-12-22(13-11-20)21-8-6-5-7-9-21/h5-9,18-20,22-23H,10-17H2,1-4H3,(H,26,30). The molecule has 30 heavy (non-hydrogen) atoms. The lowest BCUT2D eigenvalue weighted by Crippen LogP contribution is -2.52. The molecule has 1 atom stereocenters. The van der Waals surface area contributed by atoms with Gasteiger partial charge in [-0.1, -0.05) is 44.2 Å². The second kappa shape index (κ2) is 10.3. The highest BCUT2D eigenvalue weighted by Crippen LogP contribution is 2.37. The number of benzene rings is 1. The summed E-state index contributed by atoms with van der Waals surface area (Å²) in [6, 6.07) is 11.3. The van der Waals surface area contributed by atoms with E-state index in [4.69, 9.17) is 0 Å². The zero-order chi connectivity index (χ0) is 21.7. The van der Waals surface area contributed by atoms with E-state index >= 15 is 0 Å². The summed E-state index contributed by atoms with van der Waals surface area (Å²) in [5.74, 6) is 1.47. The van der Waals surface area contributed by atoms with E-state index in [1.54, 1.807) is 0 Å². The van der Waals surface area contributed by atoms with Crippen molar-refractivity contribution in [2.75, 3.05) is 20.1 Å². The Morgan fingerprint density at radius 1 is 0.967 bits per heavy atom. The zero-order valence-electron chi connectivity index (χ0n) is 19.1. The Morgan fingerprint density at radius 3 is 2.13 bits per heavy atom. The maximum Gasteiger partial charge on any atom is 0.317 e. The number of hydrogen-bond acceptors (Lipinski definition) is 2. The van der Waals surface area contributed by atoms with E-state index in [0.29, 0.717) is 11.8 Å². The molecule has 1 aliphatic heterocycles. The molecule has 2 fully saturated rings. The second-order valence-electron chi connectivity index (χ2n) is 9.58. The third kappa shape index (κ3) is 5.55. The molecule has 1 aromatic rings. The van der Waals surface area contributed by atoms with Crippen LogP contribution in [-0.4, -0.2) is 54.0 Å². The Labute approximate surface area is 182 Å². The quantitative estimate of drug-likeness (QED) is 0.765. The molecular weight excluding hydrogens is 374 g/mol. The first-order valence-electron chi connectivity index (χ1n) is 11.7. The third-order valence-corrected chi connectivity index (χ3v) is 7.24. The van der Waals surface area contributed by atoms with Crippen LogP contribution < -0.4 is 5.32 Å². The molecule has 1 unspecified atom stereocenters. The summed E-state index contributed by atoms with van der Waals surface area (Å²) in [6.07, 6.45) is 6.46. The molecule has 3 rings (SSSR count). The molecule has 1 saturated heterocycles. The normalized spacial score (nSPS) is 23.8. The minimum atomic E-state index is 0.0290. The number of amides is 3. The summed E-state index contributed by atoms with van der Waals surface area (Å²) in [6.45, 7) is 7.55. The van der Waals surface area contributed by atoms with E-state index in [9.17, 15) is 9.59 Å². The van der Waals surface area contributed by atoms with Gasteiger partial charge in [0.1, 0.15) is 0 Å². The molecule has 3 amide bonds. The lowest BCUT2D eigenvalue weighted by Gasteiger charge is -2.38. The molecule has 0 spiro atoms. The minimum Gasteiger partial charge on any atom is -0.342 e. The number of nitrogens with one attached hydrogen (secondary N) is 1. The van der Waals surface area contributed by atoms with Crippen molar-refractivity contribution in [3.63, 3.8) is 0 Å². The van der Waals surface area contributed by atoms with Gasteiger partial charge in [-0.05, 0) is 62.8 Å². The Hall–Kier alpha value is -2.04. The summed E-state index contributed by atoms with van der Waals surface area (Å²) < 4.78 is 0. The number of hydrogen-bond donors (Lipinski definition) is 1. The number of urea groups is 1. The van der Waals surface area contributed by atoms with Crippen molar-refractivity contribution >= 4 is 11.9 Å². The van der Waals surface area contributed by atoms with Crippen LogP contribution >= 0.6 is 0 Å². The largest absolute Gasteiger partial charge is 0.342 e. The Morgan fingerprint density at radius 2 is 1.57 bits per heavy atom. The van der Waals surface area contributed by atoms with Crippen molar-refractivity contribution in [2.45, 2.75) is 77.3 Å². The zero-order valence-corrected chi connectivity index (χ0v) is 19.1. The molecule has 166 valence electrons. The van der Waals surface area contributed by atoms with Crippen molar-refractivity contribution in [1.29, 1.82) is 0 Å². The number of carbonyl (C=O) groups excluding carboxylic acids is 2. The first kappa shape index (κ1) is 22.6. The smallest absolute Gasteiger partial charge is 0.317 e. The van der Waals surface area contributed by atoms with E-state index in [-0.39, 0.29) is 29.9 Å². The van der Waals surface area contributed by atoms with Gasteiger partial charge in [0.15, 0.2) is 0 Å². The fourth-order valence-corrected chi connectivity index (χ4v) is 5.10.